The van der Waals surface area contributed by atoms with E-state index in [1.807, 2.05) is 6.07 Å². The van der Waals surface area contributed by atoms with Crippen LogP contribution in [0.2, 0.25) is 0 Å². The maximum atomic E-state index is 6.25. The molecule has 0 N–H and O–H groups in total. The lowest BCUT2D eigenvalue weighted by Gasteiger charge is -2.20. The molecule has 3 rings (SSSR count). The molecule has 94 valence electrons. The molecule has 2 nitrogen and oxygen atoms in total. The molecule has 0 unspecified atom stereocenters. The number of rotatable bonds is 2. The second-order valence-corrected chi connectivity index (χ2v) is 5.72. The van der Waals surface area contributed by atoms with Crippen LogP contribution in [0.15, 0.2) is 47.8 Å². The molecule has 1 aliphatic rings. The van der Waals surface area contributed by atoms with Gasteiger partial charge in [-0.3, -0.25) is 4.90 Å². The van der Waals surface area contributed by atoms with E-state index < -0.39 is 0 Å². The molecule has 1 fully saturated rings. The number of hydrogen-bond acceptors (Lipinski definition) is 3. The summed E-state index contributed by atoms with van der Waals surface area (Å²) in [6.07, 6.45) is 0.244. The third kappa shape index (κ3) is 1.99. The van der Waals surface area contributed by atoms with Gasteiger partial charge < -0.3 is 4.74 Å². The van der Waals surface area contributed by atoms with E-state index in [9.17, 15) is 0 Å². The number of nitrogens with zero attached hydrogens (tertiary/aromatic N) is 1. The quantitative estimate of drug-likeness (QED) is 0.812. The number of benzene rings is 1. The number of hydrogen-bond donors (Lipinski definition) is 0. The summed E-state index contributed by atoms with van der Waals surface area (Å²) in [7, 11) is 2.14. The SMILES string of the molecule is C[C@@H]1[C@H](c2ccccc2)O[C@@H](c2cccs2)N1C. The van der Waals surface area contributed by atoms with Gasteiger partial charge in [-0.2, -0.15) is 0 Å². The van der Waals surface area contributed by atoms with Crippen LogP contribution in [0.5, 0.6) is 0 Å². The fourth-order valence-corrected chi connectivity index (χ4v) is 3.28. The van der Waals surface area contributed by atoms with E-state index >= 15 is 0 Å². The van der Waals surface area contributed by atoms with Gasteiger partial charge in [-0.15, -0.1) is 11.3 Å². The van der Waals surface area contributed by atoms with Crippen LogP contribution in [-0.4, -0.2) is 18.0 Å². The van der Waals surface area contributed by atoms with Crippen molar-refractivity contribution >= 4 is 11.3 Å². The Bertz CT molecular complexity index is 496. The maximum absolute atomic E-state index is 6.25. The van der Waals surface area contributed by atoms with Gasteiger partial charge in [-0.1, -0.05) is 36.4 Å². The Kier molecular flexibility index (Phi) is 3.20. The van der Waals surface area contributed by atoms with Gasteiger partial charge in [0.1, 0.15) is 12.3 Å². The zero-order chi connectivity index (χ0) is 12.5. The van der Waals surface area contributed by atoms with Crippen LogP contribution in [0.1, 0.15) is 29.7 Å². The van der Waals surface area contributed by atoms with Crippen LogP contribution < -0.4 is 0 Å². The molecule has 1 aromatic carbocycles. The Balaban J connectivity index is 1.87. The van der Waals surface area contributed by atoms with E-state index in [1.54, 1.807) is 11.3 Å². The molecule has 0 radical (unpaired) electrons. The number of thiophene rings is 1. The van der Waals surface area contributed by atoms with Crippen molar-refractivity contribution in [1.29, 1.82) is 0 Å². The summed E-state index contributed by atoms with van der Waals surface area (Å²) in [5, 5.41) is 2.10. The van der Waals surface area contributed by atoms with Crippen molar-refractivity contribution in [2.45, 2.75) is 25.3 Å². The first-order valence-corrected chi connectivity index (χ1v) is 7.11. The maximum Gasteiger partial charge on any atom is 0.147 e. The van der Waals surface area contributed by atoms with Crippen LogP contribution in [0.25, 0.3) is 0 Å². The van der Waals surface area contributed by atoms with Crippen molar-refractivity contribution in [2.24, 2.45) is 0 Å². The fraction of sp³-hybridized carbons (Fsp3) is 0.333. The Morgan fingerprint density at radius 3 is 2.56 bits per heavy atom. The minimum absolute atomic E-state index is 0.0882. The van der Waals surface area contributed by atoms with Gasteiger partial charge in [0.25, 0.3) is 0 Å². The third-order valence-electron chi connectivity index (χ3n) is 3.64. The molecule has 3 atom stereocenters. The molecule has 3 heteroatoms. The van der Waals surface area contributed by atoms with Gasteiger partial charge in [-0.05, 0) is 31.0 Å². The topological polar surface area (TPSA) is 12.5 Å². The lowest BCUT2D eigenvalue weighted by molar-refractivity contribution is 0.00809. The lowest BCUT2D eigenvalue weighted by Crippen LogP contribution is -2.26. The summed E-state index contributed by atoms with van der Waals surface area (Å²) < 4.78 is 6.25. The summed E-state index contributed by atoms with van der Waals surface area (Å²) in [5.41, 5.74) is 1.26. The van der Waals surface area contributed by atoms with Crippen molar-refractivity contribution < 1.29 is 4.74 Å². The Labute approximate surface area is 112 Å². The van der Waals surface area contributed by atoms with Crippen molar-refractivity contribution in [3.05, 3.63) is 58.3 Å². The fourth-order valence-electron chi connectivity index (χ4n) is 2.48. The summed E-state index contributed by atoms with van der Waals surface area (Å²) in [5.74, 6) is 0. The van der Waals surface area contributed by atoms with E-state index in [0.717, 1.165) is 0 Å². The zero-order valence-electron chi connectivity index (χ0n) is 10.6. The third-order valence-corrected chi connectivity index (χ3v) is 4.54. The largest absolute Gasteiger partial charge is 0.348 e. The minimum Gasteiger partial charge on any atom is -0.348 e. The van der Waals surface area contributed by atoms with Crippen LogP contribution in [0.3, 0.4) is 0 Å². The smallest absolute Gasteiger partial charge is 0.147 e. The Morgan fingerprint density at radius 1 is 1.11 bits per heavy atom. The average Bonchev–Trinajstić information content (AvgIpc) is 3.01. The zero-order valence-corrected chi connectivity index (χ0v) is 11.4. The van der Waals surface area contributed by atoms with Gasteiger partial charge >= 0.3 is 0 Å². The minimum atomic E-state index is 0.0882. The highest BCUT2D eigenvalue weighted by Crippen LogP contribution is 2.42. The number of likely N-dealkylation sites (N-methyl/N-ethyl adjacent to an activating group) is 1. The molecule has 1 saturated heterocycles. The van der Waals surface area contributed by atoms with E-state index in [2.05, 4.69) is 60.6 Å². The van der Waals surface area contributed by atoms with Crippen LogP contribution >= 0.6 is 11.3 Å². The standard InChI is InChI=1S/C15H17NOS/c1-11-14(12-7-4-3-5-8-12)17-15(16(11)2)13-9-6-10-18-13/h3-11,14-15H,1-2H3/t11-,14-,15+/m1/s1. The van der Waals surface area contributed by atoms with Crippen molar-refractivity contribution in [3.63, 3.8) is 0 Å². The van der Waals surface area contributed by atoms with Crippen molar-refractivity contribution in [2.75, 3.05) is 7.05 Å². The summed E-state index contributed by atoms with van der Waals surface area (Å²) in [6.45, 7) is 2.23. The van der Waals surface area contributed by atoms with Gasteiger partial charge in [0.2, 0.25) is 0 Å². The lowest BCUT2D eigenvalue weighted by atomic mass is 10.0. The summed E-state index contributed by atoms with van der Waals surface area (Å²) in [6, 6.07) is 15.1. The molecule has 0 bridgehead atoms. The van der Waals surface area contributed by atoms with E-state index in [-0.39, 0.29) is 12.3 Å². The molecule has 0 spiro atoms. The highest BCUT2D eigenvalue weighted by atomic mass is 32.1. The average molecular weight is 259 g/mol. The Morgan fingerprint density at radius 2 is 1.89 bits per heavy atom. The van der Waals surface area contributed by atoms with Crippen LogP contribution in [-0.2, 0) is 4.74 Å². The van der Waals surface area contributed by atoms with E-state index in [4.69, 9.17) is 4.74 Å². The first-order chi connectivity index (χ1) is 8.77. The highest BCUT2D eigenvalue weighted by Gasteiger charge is 2.38. The van der Waals surface area contributed by atoms with Crippen molar-refractivity contribution in [1.82, 2.24) is 4.90 Å². The van der Waals surface area contributed by atoms with E-state index in [0.29, 0.717) is 6.04 Å². The molecule has 0 aliphatic carbocycles. The van der Waals surface area contributed by atoms with Gasteiger partial charge in [0.05, 0.1) is 0 Å². The normalized spacial score (nSPS) is 28.7. The first-order valence-electron chi connectivity index (χ1n) is 6.23. The molecular formula is C15H17NOS. The molecule has 1 aromatic heterocycles. The van der Waals surface area contributed by atoms with Gasteiger partial charge in [0.15, 0.2) is 0 Å². The molecule has 18 heavy (non-hydrogen) atoms. The van der Waals surface area contributed by atoms with Crippen LogP contribution in [0, 0.1) is 0 Å². The molecule has 2 heterocycles. The van der Waals surface area contributed by atoms with Gasteiger partial charge in [-0.25, -0.2) is 0 Å². The van der Waals surface area contributed by atoms with Crippen LogP contribution in [0.4, 0.5) is 0 Å². The second kappa shape index (κ2) is 4.84. The highest BCUT2D eigenvalue weighted by molar-refractivity contribution is 7.10. The monoisotopic (exact) mass is 259 g/mol. The molecule has 0 saturated carbocycles. The summed E-state index contributed by atoms with van der Waals surface area (Å²) >= 11 is 1.76. The van der Waals surface area contributed by atoms with Crippen molar-refractivity contribution in [3.8, 4) is 0 Å². The predicted octanol–water partition coefficient (Wildman–Crippen LogP) is 3.84. The molecular weight excluding hydrogens is 242 g/mol. The number of ether oxygens (including phenoxy) is 1. The molecule has 2 aromatic rings. The summed E-state index contributed by atoms with van der Waals surface area (Å²) in [4.78, 5) is 3.59. The predicted molar refractivity (Wildman–Crippen MR) is 74.6 cm³/mol. The molecule has 0 amide bonds. The first kappa shape index (κ1) is 11.9. The Hall–Kier alpha value is -1.16. The van der Waals surface area contributed by atoms with E-state index in [1.165, 1.54) is 10.4 Å². The molecule has 1 aliphatic heterocycles. The van der Waals surface area contributed by atoms with Gasteiger partial charge in [0, 0.05) is 10.9 Å². The second-order valence-electron chi connectivity index (χ2n) is 4.74.